The highest BCUT2D eigenvalue weighted by Gasteiger charge is 2.18. The number of fused-ring (bicyclic) bond motifs is 1. The molecule has 0 radical (unpaired) electrons. The average Bonchev–Trinajstić information content (AvgIpc) is 2.29. The molecule has 0 fully saturated rings. The lowest BCUT2D eigenvalue weighted by atomic mass is 10.1. The van der Waals surface area contributed by atoms with Crippen LogP contribution in [-0.2, 0) is 11.2 Å². The summed E-state index contributed by atoms with van der Waals surface area (Å²) < 4.78 is 0. The molecule has 1 amide bonds. The Balaban J connectivity index is 2.46. The number of hydrogen-bond acceptors (Lipinski definition) is 2. The van der Waals surface area contributed by atoms with Gasteiger partial charge in [0.05, 0.1) is 0 Å². The molecule has 2 heterocycles. The molecule has 2 rings (SSSR count). The summed E-state index contributed by atoms with van der Waals surface area (Å²) in [5.41, 5.74) is 1.18. The van der Waals surface area contributed by atoms with E-state index in [0.717, 1.165) is 18.7 Å². The number of hydrogen-bond donors (Lipinski definition) is 0. The third-order valence-corrected chi connectivity index (χ3v) is 2.40. The number of carbonyl (C=O) groups is 1. The van der Waals surface area contributed by atoms with Gasteiger partial charge in [-0.05, 0) is 24.5 Å². The fourth-order valence-electron chi connectivity index (χ4n) is 1.64. The first kappa shape index (κ1) is 8.23. The molecular weight excluding hydrogens is 164 g/mol. The fraction of sp³-hybridized carbons (Fsp3) is 0.400. The van der Waals surface area contributed by atoms with E-state index in [1.807, 2.05) is 12.1 Å². The minimum atomic E-state index is 0.164. The predicted molar refractivity (Wildman–Crippen MR) is 50.6 cm³/mol. The van der Waals surface area contributed by atoms with Crippen LogP contribution in [0.5, 0.6) is 0 Å². The number of carbonyl (C=O) groups excluding carboxylic acids is 1. The van der Waals surface area contributed by atoms with Gasteiger partial charge in [0, 0.05) is 19.7 Å². The van der Waals surface area contributed by atoms with Gasteiger partial charge in [0.25, 0.3) is 0 Å². The van der Waals surface area contributed by atoms with Crippen molar-refractivity contribution >= 4 is 11.7 Å². The largest absolute Gasteiger partial charge is 0.300 e. The number of rotatable bonds is 0. The average molecular weight is 176 g/mol. The molecule has 1 aromatic rings. The first-order chi connectivity index (χ1) is 6.29. The van der Waals surface area contributed by atoms with E-state index in [-0.39, 0.29) is 5.91 Å². The Hall–Kier alpha value is -1.38. The van der Waals surface area contributed by atoms with Gasteiger partial charge in [-0.1, -0.05) is 6.07 Å². The van der Waals surface area contributed by atoms with Gasteiger partial charge >= 0.3 is 0 Å². The summed E-state index contributed by atoms with van der Waals surface area (Å²) in [4.78, 5) is 17.3. The first-order valence-electron chi connectivity index (χ1n) is 4.49. The molecule has 0 saturated carbocycles. The standard InChI is InChI=1S/C10H12N2O/c1-12-9(13)6-2-4-8-5-3-7-11-10(8)12/h3,5,7H,2,4,6H2,1H3. The van der Waals surface area contributed by atoms with Crippen LogP contribution in [0.4, 0.5) is 5.82 Å². The maximum Gasteiger partial charge on any atom is 0.227 e. The zero-order valence-corrected chi connectivity index (χ0v) is 7.66. The molecule has 3 nitrogen and oxygen atoms in total. The maximum atomic E-state index is 11.5. The van der Waals surface area contributed by atoms with E-state index in [1.54, 1.807) is 18.1 Å². The molecule has 0 N–H and O–H groups in total. The first-order valence-corrected chi connectivity index (χ1v) is 4.49. The van der Waals surface area contributed by atoms with Crippen LogP contribution in [0.15, 0.2) is 18.3 Å². The molecule has 0 spiro atoms. The van der Waals surface area contributed by atoms with Gasteiger partial charge in [-0.2, -0.15) is 0 Å². The summed E-state index contributed by atoms with van der Waals surface area (Å²) in [5.74, 6) is 0.988. The fourth-order valence-corrected chi connectivity index (χ4v) is 1.64. The van der Waals surface area contributed by atoms with Gasteiger partial charge in [-0.3, -0.25) is 9.69 Å². The number of pyridine rings is 1. The third kappa shape index (κ3) is 1.41. The van der Waals surface area contributed by atoms with Crippen LogP contribution in [0.2, 0.25) is 0 Å². The molecule has 0 aliphatic carbocycles. The van der Waals surface area contributed by atoms with Crippen LogP contribution in [0.25, 0.3) is 0 Å². The zero-order valence-electron chi connectivity index (χ0n) is 7.66. The Kier molecular flexibility index (Phi) is 2.00. The van der Waals surface area contributed by atoms with Crippen molar-refractivity contribution in [3.63, 3.8) is 0 Å². The second kappa shape index (κ2) is 3.17. The normalized spacial score (nSPS) is 16.7. The van der Waals surface area contributed by atoms with Crippen molar-refractivity contribution in [1.29, 1.82) is 0 Å². The molecule has 0 atom stereocenters. The van der Waals surface area contributed by atoms with E-state index in [1.165, 1.54) is 5.56 Å². The Morgan fingerprint density at radius 1 is 1.46 bits per heavy atom. The van der Waals surface area contributed by atoms with Crippen molar-refractivity contribution in [3.05, 3.63) is 23.9 Å². The molecule has 0 saturated heterocycles. The Labute approximate surface area is 77.4 Å². The second-order valence-electron chi connectivity index (χ2n) is 3.29. The van der Waals surface area contributed by atoms with E-state index >= 15 is 0 Å². The van der Waals surface area contributed by atoms with Gasteiger partial charge < -0.3 is 0 Å². The van der Waals surface area contributed by atoms with Gasteiger partial charge in [0.15, 0.2) is 0 Å². The van der Waals surface area contributed by atoms with Gasteiger partial charge in [-0.15, -0.1) is 0 Å². The zero-order chi connectivity index (χ0) is 9.26. The number of aryl methyl sites for hydroxylation is 1. The summed E-state index contributed by atoms with van der Waals surface area (Å²) in [7, 11) is 1.79. The quantitative estimate of drug-likeness (QED) is 0.598. The van der Waals surface area contributed by atoms with Gasteiger partial charge in [-0.25, -0.2) is 4.98 Å². The van der Waals surface area contributed by atoms with Crippen molar-refractivity contribution in [3.8, 4) is 0 Å². The van der Waals surface area contributed by atoms with Gasteiger partial charge in [0.2, 0.25) is 5.91 Å². The lowest BCUT2D eigenvalue weighted by Crippen LogP contribution is -2.25. The summed E-state index contributed by atoms with van der Waals surface area (Å²) >= 11 is 0. The molecular formula is C10H12N2O. The molecule has 0 bridgehead atoms. The summed E-state index contributed by atoms with van der Waals surface area (Å²) in [6.07, 6.45) is 4.25. The maximum absolute atomic E-state index is 11.5. The van der Waals surface area contributed by atoms with Crippen LogP contribution in [0, 0.1) is 0 Å². The van der Waals surface area contributed by atoms with Gasteiger partial charge in [0.1, 0.15) is 5.82 Å². The number of amides is 1. The molecule has 1 aliphatic rings. The van der Waals surface area contributed by atoms with Crippen molar-refractivity contribution in [2.75, 3.05) is 11.9 Å². The van der Waals surface area contributed by atoms with E-state index in [2.05, 4.69) is 4.98 Å². The highest BCUT2D eigenvalue weighted by atomic mass is 16.2. The monoisotopic (exact) mass is 176 g/mol. The molecule has 0 unspecified atom stereocenters. The molecule has 68 valence electrons. The summed E-state index contributed by atoms with van der Waals surface area (Å²) in [5, 5.41) is 0. The number of nitrogens with zero attached hydrogens (tertiary/aromatic N) is 2. The minimum absolute atomic E-state index is 0.164. The Morgan fingerprint density at radius 3 is 3.15 bits per heavy atom. The van der Waals surface area contributed by atoms with Crippen molar-refractivity contribution < 1.29 is 4.79 Å². The minimum Gasteiger partial charge on any atom is -0.300 e. The summed E-state index contributed by atoms with van der Waals surface area (Å²) in [6, 6.07) is 3.96. The topological polar surface area (TPSA) is 33.2 Å². The van der Waals surface area contributed by atoms with Crippen LogP contribution in [0.3, 0.4) is 0 Å². The lowest BCUT2D eigenvalue weighted by Gasteiger charge is -2.15. The smallest absolute Gasteiger partial charge is 0.227 e. The molecule has 13 heavy (non-hydrogen) atoms. The van der Waals surface area contributed by atoms with E-state index in [9.17, 15) is 4.79 Å². The Morgan fingerprint density at radius 2 is 2.31 bits per heavy atom. The van der Waals surface area contributed by atoms with Crippen molar-refractivity contribution in [1.82, 2.24) is 4.98 Å². The highest BCUT2D eigenvalue weighted by molar-refractivity contribution is 5.93. The molecule has 1 aliphatic heterocycles. The van der Waals surface area contributed by atoms with E-state index in [4.69, 9.17) is 0 Å². The molecule has 0 aromatic carbocycles. The predicted octanol–water partition coefficient (Wildman–Crippen LogP) is 1.38. The highest BCUT2D eigenvalue weighted by Crippen LogP contribution is 2.22. The lowest BCUT2D eigenvalue weighted by molar-refractivity contribution is -0.118. The van der Waals surface area contributed by atoms with E-state index < -0.39 is 0 Å². The SMILES string of the molecule is CN1C(=O)CCCc2cccnc21. The van der Waals surface area contributed by atoms with E-state index in [0.29, 0.717) is 6.42 Å². The Bertz CT molecular complexity index is 335. The number of aromatic nitrogens is 1. The van der Waals surface area contributed by atoms with Crippen LogP contribution < -0.4 is 4.90 Å². The van der Waals surface area contributed by atoms with Crippen LogP contribution in [0.1, 0.15) is 18.4 Å². The third-order valence-electron chi connectivity index (χ3n) is 2.40. The second-order valence-corrected chi connectivity index (χ2v) is 3.29. The molecule has 3 heteroatoms. The van der Waals surface area contributed by atoms with Crippen molar-refractivity contribution in [2.24, 2.45) is 0 Å². The number of anilines is 1. The molecule has 1 aromatic heterocycles. The summed E-state index contributed by atoms with van der Waals surface area (Å²) in [6.45, 7) is 0. The van der Waals surface area contributed by atoms with Crippen molar-refractivity contribution in [2.45, 2.75) is 19.3 Å². The van der Waals surface area contributed by atoms with Crippen LogP contribution >= 0.6 is 0 Å². The van der Waals surface area contributed by atoms with Crippen LogP contribution in [-0.4, -0.2) is 17.9 Å².